The monoisotopic (exact) mass is 345 g/mol. The number of urea groups is 1. The van der Waals surface area contributed by atoms with Crippen LogP contribution in [0.1, 0.15) is 33.3 Å². The van der Waals surface area contributed by atoms with Crippen LogP contribution in [0.3, 0.4) is 0 Å². The normalized spacial score (nSPS) is 12.7. The Bertz CT molecular complexity index is 768. The minimum absolute atomic E-state index is 0.339. The molecule has 6 heteroatoms. The number of hydrogen-bond acceptors (Lipinski definition) is 4. The molecule has 128 valence electrons. The van der Waals surface area contributed by atoms with Gasteiger partial charge in [-0.15, -0.1) is 0 Å². The lowest BCUT2D eigenvalue weighted by atomic mass is 10.1. The molecule has 0 radical (unpaired) electrons. The van der Waals surface area contributed by atoms with Gasteiger partial charge < -0.3 is 5.32 Å². The van der Waals surface area contributed by atoms with Crippen LogP contribution in [0.15, 0.2) is 35.4 Å². The molecule has 0 fully saturated rings. The Morgan fingerprint density at radius 1 is 1.21 bits per heavy atom. The molecule has 2 N–H and O–H groups in total. The van der Waals surface area contributed by atoms with Gasteiger partial charge in [-0.25, -0.2) is 9.78 Å². The summed E-state index contributed by atoms with van der Waals surface area (Å²) >= 11 is 1.34. The van der Waals surface area contributed by atoms with E-state index in [0.717, 1.165) is 21.5 Å². The van der Waals surface area contributed by atoms with Gasteiger partial charge in [0.15, 0.2) is 0 Å². The molecule has 1 aromatic carbocycles. The van der Waals surface area contributed by atoms with Crippen LogP contribution in [0.25, 0.3) is 10.9 Å². The molecule has 0 saturated carbocycles. The Morgan fingerprint density at radius 2 is 1.88 bits per heavy atom. The lowest BCUT2D eigenvalue weighted by Gasteiger charge is -2.21. The summed E-state index contributed by atoms with van der Waals surface area (Å²) in [5, 5.41) is 6.52. The summed E-state index contributed by atoms with van der Waals surface area (Å²) in [5.74, 6) is -0.339. The number of fused-ring (bicyclic) bond motifs is 1. The molecule has 2 rings (SSSR count). The number of benzene rings is 1. The molecule has 0 saturated heterocycles. The highest BCUT2D eigenvalue weighted by Crippen LogP contribution is 2.26. The number of rotatable bonds is 3. The van der Waals surface area contributed by atoms with Crippen LogP contribution >= 0.6 is 11.8 Å². The van der Waals surface area contributed by atoms with Crippen LogP contribution in [0, 0.1) is 6.92 Å². The van der Waals surface area contributed by atoms with Crippen molar-refractivity contribution >= 4 is 34.6 Å². The van der Waals surface area contributed by atoms with E-state index in [9.17, 15) is 9.59 Å². The third-order valence-electron chi connectivity index (χ3n) is 3.29. The molecule has 2 aromatic rings. The van der Waals surface area contributed by atoms with Crippen molar-refractivity contribution in [3.8, 4) is 0 Å². The maximum absolute atomic E-state index is 12.2. The predicted molar refractivity (Wildman–Crippen MR) is 98.2 cm³/mol. The topological polar surface area (TPSA) is 71.1 Å². The Morgan fingerprint density at radius 3 is 2.54 bits per heavy atom. The van der Waals surface area contributed by atoms with Crippen molar-refractivity contribution in [1.29, 1.82) is 0 Å². The molecule has 0 aliphatic rings. The van der Waals surface area contributed by atoms with Crippen molar-refractivity contribution in [3.63, 3.8) is 0 Å². The first-order valence-electron chi connectivity index (χ1n) is 7.82. The van der Waals surface area contributed by atoms with Gasteiger partial charge in [-0.05, 0) is 52.3 Å². The molecule has 1 atom stereocenters. The summed E-state index contributed by atoms with van der Waals surface area (Å²) in [6.45, 7) is 9.36. The quantitative estimate of drug-likeness (QED) is 0.833. The highest BCUT2D eigenvalue weighted by Gasteiger charge is 2.20. The molecule has 1 aromatic heterocycles. The van der Waals surface area contributed by atoms with E-state index in [1.165, 1.54) is 11.8 Å². The number of carbonyl (C=O) groups is 2. The molecular weight excluding hydrogens is 322 g/mol. The third kappa shape index (κ3) is 4.96. The number of nitrogens with zero attached hydrogens (tertiary/aromatic N) is 1. The van der Waals surface area contributed by atoms with E-state index in [1.807, 2.05) is 58.0 Å². The zero-order valence-electron chi connectivity index (χ0n) is 14.6. The van der Waals surface area contributed by atoms with Gasteiger partial charge in [-0.1, -0.05) is 30.0 Å². The second kappa shape index (κ2) is 7.21. The van der Waals surface area contributed by atoms with Gasteiger partial charge >= 0.3 is 6.03 Å². The highest BCUT2D eigenvalue weighted by atomic mass is 32.2. The van der Waals surface area contributed by atoms with E-state index >= 15 is 0 Å². The van der Waals surface area contributed by atoms with Gasteiger partial charge in [-0.2, -0.15) is 0 Å². The van der Waals surface area contributed by atoms with E-state index < -0.39 is 16.8 Å². The predicted octanol–water partition coefficient (Wildman–Crippen LogP) is 3.65. The fourth-order valence-electron chi connectivity index (χ4n) is 2.20. The third-order valence-corrected chi connectivity index (χ3v) is 4.31. The van der Waals surface area contributed by atoms with Gasteiger partial charge in [0.05, 0.1) is 15.8 Å². The molecular formula is C18H23N3O2S. The number of amides is 3. The molecule has 0 spiro atoms. The van der Waals surface area contributed by atoms with Crippen molar-refractivity contribution < 1.29 is 9.59 Å². The van der Waals surface area contributed by atoms with Crippen molar-refractivity contribution in [3.05, 3.63) is 35.9 Å². The number of aryl methyl sites for hydroxylation is 1. The average Bonchev–Trinajstić information content (AvgIpc) is 2.45. The number of aromatic nitrogens is 1. The summed E-state index contributed by atoms with van der Waals surface area (Å²) in [7, 11) is 0. The molecule has 0 aliphatic carbocycles. The SMILES string of the molecule is Cc1cc(SC(C)C(=O)NC(=O)NC(C)(C)C)nc2ccccc12. The fourth-order valence-corrected chi connectivity index (χ4v) is 3.12. The van der Waals surface area contributed by atoms with Crippen LogP contribution in [-0.4, -0.2) is 27.7 Å². The summed E-state index contributed by atoms with van der Waals surface area (Å²) in [4.78, 5) is 28.5. The largest absolute Gasteiger partial charge is 0.333 e. The van der Waals surface area contributed by atoms with Crippen LogP contribution in [-0.2, 0) is 4.79 Å². The zero-order valence-corrected chi connectivity index (χ0v) is 15.5. The van der Waals surface area contributed by atoms with Crippen LogP contribution in [0.5, 0.6) is 0 Å². The smallest absolute Gasteiger partial charge is 0.321 e. The van der Waals surface area contributed by atoms with Gasteiger partial charge in [0, 0.05) is 10.9 Å². The molecule has 0 bridgehead atoms. The molecule has 1 unspecified atom stereocenters. The number of carbonyl (C=O) groups excluding carboxylic acids is 2. The molecule has 24 heavy (non-hydrogen) atoms. The molecule has 1 heterocycles. The lowest BCUT2D eigenvalue weighted by Crippen LogP contribution is -2.49. The second-order valence-electron chi connectivity index (χ2n) is 6.75. The number of nitrogens with one attached hydrogen (secondary N) is 2. The Balaban J connectivity index is 2.05. The minimum Gasteiger partial charge on any atom is -0.333 e. The molecule has 0 aliphatic heterocycles. The second-order valence-corrected chi connectivity index (χ2v) is 8.11. The number of hydrogen-bond donors (Lipinski definition) is 2. The zero-order chi connectivity index (χ0) is 17.9. The van der Waals surface area contributed by atoms with Crippen LogP contribution in [0.2, 0.25) is 0 Å². The number of thioether (sulfide) groups is 1. The van der Waals surface area contributed by atoms with E-state index in [4.69, 9.17) is 0 Å². The van der Waals surface area contributed by atoms with Gasteiger partial charge in [0.2, 0.25) is 5.91 Å². The van der Waals surface area contributed by atoms with E-state index in [1.54, 1.807) is 6.92 Å². The van der Waals surface area contributed by atoms with Crippen LogP contribution in [0.4, 0.5) is 4.79 Å². The van der Waals surface area contributed by atoms with Crippen molar-refractivity contribution in [2.24, 2.45) is 0 Å². The van der Waals surface area contributed by atoms with Crippen molar-refractivity contribution in [2.75, 3.05) is 0 Å². The first-order valence-corrected chi connectivity index (χ1v) is 8.70. The van der Waals surface area contributed by atoms with Gasteiger partial charge in [0.25, 0.3) is 0 Å². The summed E-state index contributed by atoms with van der Waals surface area (Å²) in [5.41, 5.74) is 1.62. The minimum atomic E-state index is -0.484. The fraction of sp³-hybridized carbons (Fsp3) is 0.389. The maximum Gasteiger partial charge on any atom is 0.321 e. The number of para-hydroxylation sites is 1. The van der Waals surface area contributed by atoms with E-state index in [0.29, 0.717) is 0 Å². The summed E-state index contributed by atoms with van der Waals surface area (Å²) in [6, 6.07) is 9.38. The Kier molecular flexibility index (Phi) is 5.49. The standard InChI is InChI=1S/C18H23N3O2S/c1-11-10-15(19-14-9-7-6-8-13(11)14)24-12(2)16(22)20-17(23)21-18(3,4)5/h6-10,12H,1-5H3,(H2,20,21,22,23). The average molecular weight is 345 g/mol. The Labute approximate surface area is 146 Å². The first-order chi connectivity index (χ1) is 11.2. The van der Waals surface area contributed by atoms with Gasteiger partial charge in [-0.3, -0.25) is 10.1 Å². The summed E-state index contributed by atoms with van der Waals surface area (Å²) < 4.78 is 0. The van der Waals surface area contributed by atoms with E-state index in [2.05, 4.69) is 15.6 Å². The van der Waals surface area contributed by atoms with Crippen molar-refractivity contribution in [2.45, 2.75) is 50.4 Å². The highest BCUT2D eigenvalue weighted by molar-refractivity contribution is 8.00. The van der Waals surface area contributed by atoms with Crippen molar-refractivity contribution in [1.82, 2.24) is 15.6 Å². The first kappa shape index (κ1) is 18.3. The number of pyridine rings is 1. The molecule has 5 nitrogen and oxygen atoms in total. The van der Waals surface area contributed by atoms with Gasteiger partial charge in [0.1, 0.15) is 0 Å². The Hall–Kier alpha value is -2.08. The summed E-state index contributed by atoms with van der Waals surface area (Å²) in [6.07, 6.45) is 0. The lowest BCUT2D eigenvalue weighted by molar-refractivity contribution is -0.119. The van der Waals surface area contributed by atoms with E-state index in [-0.39, 0.29) is 5.91 Å². The maximum atomic E-state index is 12.2. The van der Waals surface area contributed by atoms with Crippen LogP contribution < -0.4 is 10.6 Å². The molecule has 3 amide bonds. The number of imide groups is 1.